The van der Waals surface area contributed by atoms with Gasteiger partial charge in [0.1, 0.15) is 5.75 Å². The lowest BCUT2D eigenvalue weighted by atomic mass is 9.93. The summed E-state index contributed by atoms with van der Waals surface area (Å²) in [6, 6.07) is 12.2. The summed E-state index contributed by atoms with van der Waals surface area (Å²) in [5, 5.41) is 24.6. The molecule has 0 aromatic heterocycles. The van der Waals surface area contributed by atoms with Crippen molar-refractivity contribution in [3.63, 3.8) is 0 Å². The van der Waals surface area contributed by atoms with Crippen molar-refractivity contribution in [1.82, 2.24) is 5.32 Å². The Bertz CT molecular complexity index is 784. The largest absolute Gasteiger partial charge is 0.496 e. The average Bonchev–Trinajstić information content (AvgIpc) is 2.66. The van der Waals surface area contributed by atoms with Crippen molar-refractivity contribution in [2.45, 2.75) is 32.4 Å². The number of aliphatic hydroxyl groups is 1. The van der Waals surface area contributed by atoms with Gasteiger partial charge in [0.25, 0.3) is 5.69 Å². The smallest absolute Gasteiger partial charge is 0.272 e. The first-order chi connectivity index (χ1) is 12.9. The number of hydrogen-bond acceptors (Lipinski definition) is 5. The van der Waals surface area contributed by atoms with E-state index in [0.717, 1.165) is 10.0 Å². The zero-order chi connectivity index (χ0) is 20.0. The summed E-state index contributed by atoms with van der Waals surface area (Å²) in [5.41, 5.74) is 1.72. The minimum absolute atomic E-state index is 0.0191. The predicted octanol–water partition coefficient (Wildman–Crippen LogP) is 4.26. The van der Waals surface area contributed by atoms with E-state index in [-0.39, 0.29) is 35.2 Å². The highest BCUT2D eigenvalue weighted by Gasteiger charge is 2.23. The molecule has 0 amide bonds. The number of nitro groups is 1. The molecule has 7 heteroatoms. The molecule has 0 radical (unpaired) electrons. The van der Waals surface area contributed by atoms with E-state index in [9.17, 15) is 15.2 Å². The Labute approximate surface area is 167 Å². The lowest BCUT2D eigenvalue weighted by molar-refractivity contribution is -0.385. The summed E-state index contributed by atoms with van der Waals surface area (Å²) >= 11 is 3.46. The maximum absolute atomic E-state index is 11.2. The van der Waals surface area contributed by atoms with Crippen LogP contribution in [0.5, 0.6) is 5.75 Å². The van der Waals surface area contributed by atoms with Gasteiger partial charge in [-0.25, -0.2) is 0 Å². The highest BCUT2D eigenvalue weighted by Crippen LogP contribution is 2.30. The number of nitro benzene ring substituents is 1. The molecule has 0 fully saturated rings. The molecular weight excluding hydrogens is 412 g/mol. The van der Waals surface area contributed by atoms with Gasteiger partial charge in [0.05, 0.1) is 24.7 Å². The Kier molecular flexibility index (Phi) is 7.77. The molecule has 0 saturated carbocycles. The first-order valence-electron chi connectivity index (χ1n) is 8.80. The lowest BCUT2D eigenvalue weighted by Gasteiger charge is -2.27. The number of nitrogens with zero attached hydrogens (tertiary/aromatic N) is 1. The molecule has 2 N–H and O–H groups in total. The van der Waals surface area contributed by atoms with Gasteiger partial charge in [0.15, 0.2) is 0 Å². The van der Waals surface area contributed by atoms with Crippen molar-refractivity contribution >= 4 is 21.6 Å². The zero-order valence-corrected chi connectivity index (χ0v) is 17.3. The van der Waals surface area contributed by atoms with Gasteiger partial charge < -0.3 is 15.2 Å². The Morgan fingerprint density at radius 2 is 1.96 bits per heavy atom. The minimum Gasteiger partial charge on any atom is -0.496 e. The highest BCUT2D eigenvalue weighted by molar-refractivity contribution is 9.10. The number of nitrogens with one attached hydrogen (secondary N) is 1. The molecule has 27 heavy (non-hydrogen) atoms. The van der Waals surface area contributed by atoms with E-state index in [4.69, 9.17) is 4.74 Å². The van der Waals surface area contributed by atoms with E-state index in [0.29, 0.717) is 17.7 Å². The second-order valence-electron chi connectivity index (χ2n) is 6.64. The molecule has 0 bridgehead atoms. The van der Waals surface area contributed by atoms with E-state index in [1.807, 2.05) is 38.1 Å². The summed E-state index contributed by atoms with van der Waals surface area (Å²) < 4.78 is 6.32. The fourth-order valence-corrected chi connectivity index (χ4v) is 3.46. The van der Waals surface area contributed by atoms with Crippen molar-refractivity contribution in [3.05, 3.63) is 68.2 Å². The molecule has 0 saturated heterocycles. The number of rotatable bonds is 9. The number of methoxy groups -OCH3 is 1. The van der Waals surface area contributed by atoms with Crippen LogP contribution in [-0.4, -0.2) is 29.8 Å². The summed E-state index contributed by atoms with van der Waals surface area (Å²) in [6.07, 6.45) is 0.569. The van der Waals surface area contributed by atoms with Gasteiger partial charge in [-0.2, -0.15) is 0 Å². The molecule has 2 aromatic rings. The number of benzene rings is 2. The maximum atomic E-state index is 11.2. The number of para-hydroxylation sites is 1. The molecule has 0 unspecified atom stereocenters. The quantitative estimate of drug-likeness (QED) is 0.453. The van der Waals surface area contributed by atoms with Crippen molar-refractivity contribution in [2.24, 2.45) is 5.92 Å². The Balaban J connectivity index is 2.14. The normalized spacial score (nSPS) is 14.4. The van der Waals surface area contributed by atoms with Crippen molar-refractivity contribution in [3.8, 4) is 5.75 Å². The van der Waals surface area contributed by atoms with Crippen LogP contribution < -0.4 is 10.1 Å². The minimum atomic E-state index is -0.344. The van der Waals surface area contributed by atoms with Gasteiger partial charge in [-0.1, -0.05) is 41.1 Å². The van der Waals surface area contributed by atoms with Crippen LogP contribution in [-0.2, 0) is 6.42 Å². The van der Waals surface area contributed by atoms with Crippen LogP contribution in [0.1, 0.15) is 31.0 Å². The van der Waals surface area contributed by atoms with Crippen LogP contribution in [0.4, 0.5) is 5.69 Å². The number of aliphatic hydroxyl groups excluding tert-OH is 1. The third-order valence-corrected chi connectivity index (χ3v) is 5.29. The highest BCUT2D eigenvalue weighted by atomic mass is 79.9. The van der Waals surface area contributed by atoms with Crippen molar-refractivity contribution in [1.29, 1.82) is 0 Å². The molecule has 0 spiro atoms. The predicted molar refractivity (Wildman–Crippen MR) is 109 cm³/mol. The molecule has 6 nitrogen and oxygen atoms in total. The summed E-state index contributed by atoms with van der Waals surface area (Å²) in [4.78, 5) is 10.9. The van der Waals surface area contributed by atoms with Gasteiger partial charge in [-0.3, -0.25) is 10.1 Å². The molecule has 146 valence electrons. The Hall–Kier alpha value is -1.96. The van der Waals surface area contributed by atoms with E-state index < -0.39 is 0 Å². The van der Waals surface area contributed by atoms with E-state index in [2.05, 4.69) is 21.2 Å². The van der Waals surface area contributed by atoms with Crippen LogP contribution in [0, 0.1) is 16.0 Å². The first kappa shape index (κ1) is 21.3. The fraction of sp³-hybridized carbons (Fsp3) is 0.400. The average molecular weight is 437 g/mol. The zero-order valence-electron chi connectivity index (χ0n) is 15.7. The Morgan fingerprint density at radius 1 is 1.26 bits per heavy atom. The van der Waals surface area contributed by atoms with E-state index >= 15 is 0 Å². The third kappa shape index (κ3) is 5.51. The van der Waals surface area contributed by atoms with Crippen LogP contribution in [0.15, 0.2) is 46.9 Å². The molecule has 2 aromatic carbocycles. The second-order valence-corrected chi connectivity index (χ2v) is 7.56. The fourth-order valence-electron chi connectivity index (χ4n) is 3.09. The molecule has 0 aliphatic carbocycles. The van der Waals surface area contributed by atoms with E-state index in [1.165, 1.54) is 6.07 Å². The van der Waals surface area contributed by atoms with Gasteiger partial charge >= 0.3 is 0 Å². The molecule has 3 atom stereocenters. The number of hydrogen-bond donors (Lipinski definition) is 2. The maximum Gasteiger partial charge on any atom is 0.272 e. The summed E-state index contributed by atoms with van der Waals surface area (Å²) in [6.45, 7) is 3.98. The lowest BCUT2D eigenvalue weighted by Crippen LogP contribution is -2.38. The van der Waals surface area contributed by atoms with Gasteiger partial charge in [0, 0.05) is 27.7 Å². The third-order valence-electron chi connectivity index (χ3n) is 4.80. The van der Waals surface area contributed by atoms with Crippen LogP contribution >= 0.6 is 15.9 Å². The first-order valence-corrected chi connectivity index (χ1v) is 9.59. The monoisotopic (exact) mass is 436 g/mol. The van der Waals surface area contributed by atoms with Crippen molar-refractivity contribution < 1.29 is 14.8 Å². The van der Waals surface area contributed by atoms with Crippen molar-refractivity contribution in [2.75, 3.05) is 13.7 Å². The van der Waals surface area contributed by atoms with Gasteiger partial charge in [-0.05, 0) is 37.5 Å². The standard InChI is InChI=1S/C20H25BrN2O4/c1-13(10-15-6-4-5-7-19(15)23(25)26)14(2)22-18(12-24)17-11-16(21)8-9-20(17)27-3/h4-9,11,13-14,18,22,24H,10,12H2,1-3H3/t13-,14-,18+/m1/s1. The van der Waals surface area contributed by atoms with E-state index in [1.54, 1.807) is 19.2 Å². The summed E-state index contributed by atoms with van der Waals surface area (Å²) in [5.74, 6) is 0.821. The topological polar surface area (TPSA) is 84.6 Å². The SMILES string of the molecule is COc1ccc(Br)cc1[C@H](CO)N[C@H](C)[C@H](C)Cc1ccccc1[N+](=O)[O-]. The van der Waals surface area contributed by atoms with Crippen LogP contribution in [0.25, 0.3) is 0 Å². The molecule has 2 rings (SSSR count). The molecule has 0 heterocycles. The van der Waals surface area contributed by atoms with Gasteiger partial charge in [0.2, 0.25) is 0 Å². The molecule has 0 aliphatic heterocycles. The van der Waals surface area contributed by atoms with Gasteiger partial charge in [-0.15, -0.1) is 0 Å². The summed E-state index contributed by atoms with van der Waals surface area (Å²) in [7, 11) is 1.60. The van der Waals surface area contributed by atoms with Crippen LogP contribution in [0.2, 0.25) is 0 Å². The Morgan fingerprint density at radius 3 is 2.59 bits per heavy atom. The second kappa shape index (κ2) is 9.82. The number of ether oxygens (including phenoxy) is 1. The molecule has 0 aliphatic rings. The molecular formula is C20H25BrN2O4. The van der Waals surface area contributed by atoms with Crippen LogP contribution in [0.3, 0.4) is 0 Å². The number of halogens is 1.